The number of hydrogen-bond donors (Lipinski definition) is 1. The molecule has 1 N–H and O–H groups in total. The van der Waals surface area contributed by atoms with Crippen LogP contribution in [0.5, 0.6) is 0 Å². The quantitative estimate of drug-likeness (QED) is 0.624. The Hall–Kier alpha value is -0.890. The first-order chi connectivity index (χ1) is 5.72. The third-order valence-electron chi connectivity index (χ3n) is 1.48. The largest absolute Gasteiger partial charge is 0.319 e. The van der Waals surface area contributed by atoms with E-state index < -0.39 is 0 Å². The number of halogens is 1. The molecule has 1 nitrogen and oxygen atoms in total. The van der Waals surface area contributed by atoms with Gasteiger partial charge in [-0.3, -0.25) is 0 Å². The van der Waals surface area contributed by atoms with Crippen LogP contribution in [0.15, 0.2) is 36.2 Å². The number of hydrogen-bond acceptors (Lipinski definition) is 1. The minimum atomic E-state index is -0.344. The fourth-order valence-corrected chi connectivity index (χ4v) is 0.781. The highest BCUT2D eigenvalue weighted by atomic mass is 19.1. The van der Waals surface area contributed by atoms with Crippen LogP contribution in [0.4, 0.5) is 4.39 Å². The predicted molar refractivity (Wildman–Crippen MR) is 51.7 cm³/mol. The number of rotatable bonds is 5. The van der Waals surface area contributed by atoms with Crippen LogP contribution < -0.4 is 5.32 Å². The highest BCUT2D eigenvalue weighted by Crippen LogP contribution is 2.12. The summed E-state index contributed by atoms with van der Waals surface area (Å²) in [7, 11) is 1.84. The summed E-state index contributed by atoms with van der Waals surface area (Å²) in [4.78, 5) is 0. The normalized spacial score (nSPS) is 12.4. The smallest absolute Gasteiger partial charge is 0.119 e. The summed E-state index contributed by atoms with van der Waals surface area (Å²) < 4.78 is 12.7. The molecule has 0 unspecified atom stereocenters. The van der Waals surface area contributed by atoms with Gasteiger partial charge in [0.2, 0.25) is 0 Å². The lowest BCUT2D eigenvalue weighted by Crippen LogP contribution is -2.08. The van der Waals surface area contributed by atoms with Crippen molar-refractivity contribution < 1.29 is 4.39 Å². The Morgan fingerprint density at radius 1 is 1.58 bits per heavy atom. The topological polar surface area (TPSA) is 12.0 Å². The lowest BCUT2D eigenvalue weighted by Gasteiger charge is -2.01. The maximum absolute atomic E-state index is 12.7. The van der Waals surface area contributed by atoms with Gasteiger partial charge in [0, 0.05) is 0 Å². The second-order valence-corrected chi connectivity index (χ2v) is 2.48. The van der Waals surface area contributed by atoms with Crippen LogP contribution in [0.1, 0.15) is 13.3 Å². The van der Waals surface area contributed by atoms with Gasteiger partial charge in [0.15, 0.2) is 0 Å². The number of allylic oxidation sites excluding steroid dienone is 4. The molecule has 12 heavy (non-hydrogen) atoms. The summed E-state index contributed by atoms with van der Waals surface area (Å²) in [5.41, 5.74) is 0.655. The van der Waals surface area contributed by atoms with Crippen LogP contribution in [0.25, 0.3) is 0 Å². The van der Waals surface area contributed by atoms with E-state index in [0.29, 0.717) is 12.0 Å². The van der Waals surface area contributed by atoms with Gasteiger partial charge in [0.1, 0.15) is 5.83 Å². The van der Waals surface area contributed by atoms with Crippen molar-refractivity contribution in [3.8, 4) is 0 Å². The molecule has 0 aromatic rings. The standard InChI is InChI=1S/C10H16FN/c1-4-5-6-10(9(2)11)7-8-12-3/h4-6,12H,2,7-8H2,1,3H3/b5-4-,10-6-. The predicted octanol–water partition coefficient (Wildman–Crippen LogP) is 2.58. The summed E-state index contributed by atoms with van der Waals surface area (Å²) in [5, 5.41) is 2.96. The Kier molecular flexibility index (Phi) is 6.29. The van der Waals surface area contributed by atoms with E-state index in [2.05, 4.69) is 11.9 Å². The van der Waals surface area contributed by atoms with E-state index in [1.807, 2.05) is 26.1 Å². The van der Waals surface area contributed by atoms with Crippen LogP contribution in [0, 0.1) is 0 Å². The minimum Gasteiger partial charge on any atom is -0.319 e. The molecule has 2 heteroatoms. The molecule has 0 saturated carbocycles. The SMILES string of the molecule is C=C(F)/C(=C\C=C/C)CCNC. The fraction of sp³-hybridized carbons (Fsp3) is 0.400. The average molecular weight is 169 g/mol. The van der Waals surface area contributed by atoms with Gasteiger partial charge in [0.05, 0.1) is 0 Å². The van der Waals surface area contributed by atoms with E-state index in [4.69, 9.17) is 0 Å². The Balaban J connectivity index is 4.13. The third kappa shape index (κ3) is 4.85. The van der Waals surface area contributed by atoms with Crippen molar-refractivity contribution in [3.63, 3.8) is 0 Å². The van der Waals surface area contributed by atoms with Crippen molar-refractivity contribution in [1.82, 2.24) is 5.32 Å². The van der Waals surface area contributed by atoms with E-state index in [1.165, 1.54) is 0 Å². The van der Waals surface area contributed by atoms with Crippen molar-refractivity contribution in [2.24, 2.45) is 0 Å². The molecule has 0 spiro atoms. The summed E-state index contributed by atoms with van der Waals surface area (Å²) in [6.07, 6.45) is 6.11. The Morgan fingerprint density at radius 2 is 2.25 bits per heavy atom. The van der Waals surface area contributed by atoms with Gasteiger partial charge in [-0.15, -0.1) is 0 Å². The Bertz CT molecular complexity index is 192. The average Bonchev–Trinajstić information content (AvgIpc) is 2.04. The molecule has 0 rings (SSSR count). The van der Waals surface area contributed by atoms with Gasteiger partial charge in [0.25, 0.3) is 0 Å². The molecule has 0 aliphatic carbocycles. The van der Waals surface area contributed by atoms with E-state index in [9.17, 15) is 4.39 Å². The minimum absolute atomic E-state index is 0.344. The van der Waals surface area contributed by atoms with E-state index in [1.54, 1.807) is 6.08 Å². The Morgan fingerprint density at radius 3 is 2.67 bits per heavy atom. The van der Waals surface area contributed by atoms with Crippen LogP contribution >= 0.6 is 0 Å². The molecule has 0 aromatic heterocycles. The molecular weight excluding hydrogens is 153 g/mol. The molecule has 0 heterocycles. The zero-order chi connectivity index (χ0) is 9.40. The van der Waals surface area contributed by atoms with Gasteiger partial charge in [-0.25, -0.2) is 4.39 Å². The van der Waals surface area contributed by atoms with E-state index in [0.717, 1.165) is 6.54 Å². The summed E-state index contributed by atoms with van der Waals surface area (Å²) >= 11 is 0. The van der Waals surface area contributed by atoms with Crippen LogP contribution in [-0.2, 0) is 0 Å². The molecule has 0 bridgehead atoms. The monoisotopic (exact) mass is 169 g/mol. The third-order valence-corrected chi connectivity index (χ3v) is 1.48. The van der Waals surface area contributed by atoms with Gasteiger partial charge in [-0.05, 0) is 32.5 Å². The summed E-state index contributed by atoms with van der Waals surface area (Å²) in [6.45, 7) is 5.93. The second-order valence-electron chi connectivity index (χ2n) is 2.48. The summed E-state index contributed by atoms with van der Waals surface area (Å²) in [6, 6.07) is 0. The number of nitrogens with one attached hydrogen (secondary N) is 1. The maximum Gasteiger partial charge on any atom is 0.119 e. The van der Waals surface area contributed by atoms with Crippen molar-refractivity contribution in [2.75, 3.05) is 13.6 Å². The van der Waals surface area contributed by atoms with Crippen LogP contribution in [0.2, 0.25) is 0 Å². The molecule has 0 aliphatic rings. The van der Waals surface area contributed by atoms with Crippen molar-refractivity contribution in [2.45, 2.75) is 13.3 Å². The molecular formula is C10H16FN. The van der Waals surface area contributed by atoms with Gasteiger partial charge < -0.3 is 5.32 Å². The molecule has 0 radical (unpaired) electrons. The lowest BCUT2D eigenvalue weighted by molar-refractivity contribution is 0.636. The molecule has 0 saturated heterocycles. The zero-order valence-corrected chi connectivity index (χ0v) is 7.73. The van der Waals surface area contributed by atoms with E-state index in [-0.39, 0.29) is 5.83 Å². The van der Waals surface area contributed by atoms with Crippen LogP contribution in [0.3, 0.4) is 0 Å². The van der Waals surface area contributed by atoms with Crippen LogP contribution in [-0.4, -0.2) is 13.6 Å². The fourth-order valence-electron chi connectivity index (χ4n) is 0.781. The lowest BCUT2D eigenvalue weighted by atomic mass is 10.1. The highest BCUT2D eigenvalue weighted by Gasteiger charge is 1.98. The molecule has 0 fully saturated rings. The van der Waals surface area contributed by atoms with Crippen molar-refractivity contribution in [3.05, 3.63) is 36.2 Å². The molecule has 0 aliphatic heterocycles. The van der Waals surface area contributed by atoms with Crippen molar-refractivity contribution >= 4 is 0 Å². The first kappa shape index (κ1) is 11.1. The van der Waals surface area contributed by atoms with E-state index >= 15 is 0 Å². The van der Waals surface area contributed by atoms with Gasteiger partial charge in [-0.2, -0.15) is 0 Å². The first-order valence-electron chi connectivity index (χ1n) is 4.03. The zero-order valence-electron chi connectivity index (χ0n) is 7.73. The second kappa shape index (κ2) is 6.80. The highest BCUT2D eigenvalue weighted by molar-refractivity contribution is 5.26. The molecule has 0 aromatic carbocycles. The van der Waals surface area contributed by atoms with Crippen molar-refractivity contribution in [1.29, 1.82) is 0 Å². The summed E-state index contributed by atoms with van der Waals surface area (Å²) in [5.74, 6) is -0.344. The maximum atomic E-state index is 12.7. The molecule has 0 atom stereocenters. The first-order valence-corrected chi connectivity index (χ1v) is 4.03. The Labute approximate surface area is 73.7 Å². The van der Waals surface area contributed by atoms with Gasteiger partial charge >= 0.3 is 0 Å². The van der Waals surface area contributed by atoms with Gasteiger partial charge in [-0.1, -0.05) is 24.8 Å². The molecule has 0 amide bonds. The molecule has 68 valence electrons.